The van der Waals surface area contributed by atoms with Gasteiger partial charge in [0.05, 0.1) is 17.3 Å². The highest BCUT2D eigenvalue weighted by atomic mass is 16.5. The summed E-state index contributed by atoms with van der Waals surface area (Å²) in [6.07, 6.45) is 4.09. The zero-order chi connectivity index (χ0) is 26.8. The molecule has 38 heavy (non-hydrogen) atoms. The van der Waals surface area contributed by atoms with Crippen molar-refractivity contribution in [1.29, 1.82) is 0 Å². The first-order valence-corrected chi connectivity index (χ1v) is 12.5. The van der Waals surface area contributed by atoms with E-state index in [-0.39, 0.29) is 17.0 Å². The molecule has 1 N–H and O–H groups in total. The van der Waals surface area contributed by atoms with Crippen LogP contribution in [0.25, 0.3) is 11.4 Å². The third kappa shape index (κ3) is 4.47. The van der Waals surface area contributed by atoms with Gasteiger partial charge in [0, 0.05) is 12.7 Å². The van der Waals surface area contributed by atoms with Gasteiger partial charge in [-0.2, -0.15) is 0 Å². The molecule has 0 saturated carbocycles. The van der Waals surface area contributed by atoms with Gasteiger partial charge in [-0.15, -0.1) is 0 Å². The number of Topliss-reactive ketones (excluding diaryl/α,β-unsaturated/α-hetero) is 1. The van der Waals surface area contributed by atoms with Crippen molar-refractivity contribution in [2.45, 2.75) is 26.3 Å². The molecule has 1 saturated heterocycles. The molecule has 5 rings (SSSR count). The van der Waals surface area contributed by atoms with E-state index in [0.29, 0.717) is 42.2 Å². The summed E-state index contributed by atoms with van der Waals surface area (Å²) < 4.78 is 7.48. The molecule has 1 aliphatic heterocycles. The number of aryl methyl sites for hydroxylation is 2. The van der Waals surface area contributed by atoms with Crippen molar-refractivity contribution in [3.63, 3.8) is 0 Å². The number of hydrogen-bond acceptors (Lipinski definition) is 5. The number of hydrogen-bond donors (Lipinski definition) is 1. The summed E-state index contributed by atoms with van der Waals surface area (Å²) in [4.78, 5) is 33.0. The number of ether oxygens (including phenoxy) is 1. The summed E-state index contributed by atoms with van der Waals surface area (Å²) in [7, 11) is 0. The topological polar surface area (TPSA) is 84.1 Å². The average molecular weight is 508 g/mol. The largest absolute Gasteiger partial charge is 0.505 e. The lowest BCUT2D eigenvalue weighted by Gasteiger charge is -2.25. The van der Waals surface area contributed by atoms with Crippen LogP contribution < -0.4 is 4.74 Å². The number of imidazole rings is 1. The number of amides is 1. The Morgan fingerprint density at radius 1 is 1.05 bits per heavy atom. The molecule has 1 fully saturated rings. The Bertz CT molecular complexity index is 1550. The summed E-state index contributed by atoms with van der Waals surface area (Å²) in [5.74, 6) is -0.998. The van der Waals surface area contributed by atoms with Crippen molar-refractivity contribution in [2.24, 2.45) is 0 Å². The number of rotatable bonds is 8. The van der Waals surface area contributed by atoms with Crippen LogP contribution in [0.5, 0.6) is 5.75 Å². The molecule has 1 aliphatic rings. The molecule has 3 heterocycles. The van der Waals surface area contributed by atoms with E-state index >= 15 is 0 Å². The Morgan fingerprint density at radius 2 is 1.79 bits per heavy atom. The Kier molecular flexibility index (Phi) is 6.83. The fourth-order valence-corrected chi connectivity index (χ4v) is 4.93. The minimum atomic E-state index is -0.766. The Labute approximate surface area is 221 Å². The second-order valence-electron chi connectivity index (χ2n) is 9.33. The Balaban J connectivity index is 1.61. The second-order valence-corrected chi connectivity index (χ2v) is 9.33. The summed E-state index contributed by atoms with van der Waals surface area (Å²) in [5.41, 5.74) is 4.37. The van der Waals surface area contributed by atoms with E-state index in [1.807, 2.05) is 79.0 Å². The van der Waals surface area contributed by atoms with Gasteiger partial charge < -0.3 is 19.1 Å². The van der Waals surface area contributed by atoms with Crippen molar-refractivity contribution >= 4 is 23.1 Å². The summed E-state index contributed by atoms with van der Waals surface area (Å²) in [6.45, 7) is 8.11. The Morgan fingerprint density at radius 3 is 2.47 bits per heavy atom. The van der Waals surface area contributed by atoms with E-state index in [1.165, 1.54) is 4.90 Å². The highest BCUT2D eigenvalue weighted by molar-refractivity contribution is 6.46. The highest BCUT2D eigenvalue weighted by Crippen LogP contribution is 2.40. The van der Waals surface area contributed by atoms with Crippen molar-refractivity contribution < 1.29 is 19.4 Å². The normalized spacial score (nSPS) is 16.8. The molecule has 2 aromatic heterocycles. The van der Waals surface area contributed by atoms with E-state index in [0.717, 1.165) is 11.1 Å². The van der Waals surface area contributed by atoms with Crippen molar-refractivity contribution in [1.82, 2.24) is 14.3 Å². The van der Waals surface area contributed by atoms with E-state index in [4.69, 9.17) is 4.74 Å². The van der Waals surface area contributed by atoms with Gasteiger partial charge in [-0.25, -0.2) is 4.98 Å². The lowest BCUT2D eigenvalue weighted by Crippen LogP contribution is -2.31. The lowest BCUT2D eigenvalue weighted by atomic mass is 9.96. The highest BCUT2D eigenvalue weighted by Gasteiger charge is 2.46. The molecule has 192 valence electrons. The van der Waals surface area contributed by atoms with Crippen LogP contribution in [0, 0.1) is 13.8 Å². The molecule has 7 heteroatoms. The number of ketones is 1. The molecule has 1 atom stereocenters. The minimum absolute atomic E-state index is 0.0342. The average Bonchev–Trinajstić information content (AvgIpc) is 3.41. The van der Waals surface area contributed by atoms with Crippen LogP contribution in [0.3, 0.4) is 0 Å². The predicted octanol–water partition coefficient (Wildman–Crippen LogP) is 5.18. The second kappa shape index (κ2) is 10.4. The molecular formula is C31H29N3O4. The van der Waals surface area contributed by atoms with Crippen LogP contribution in [0.4, 0.5) is 0 Å². The van der Waals surface area contributed by atoms with E-state index < -0.39 is 17.7 Å². The lowest BCUT2D eigenvalue weighted by molar-refractivity contribution is -0.139. The van der Waals surface area contributed by atoms with Gasteiger partial charge in [-0.05, 0) is 55.2 Å². The van der Waals surface area contributed by atoms with Crippen LogP contribution >= 0.6 is 0 Å². The zero-order valence-corrected chi connectivity index (χ0v) is 21.4. The smallest absolute Gasteiger partial charge is 0.295 e. The number of pyridine rings is 1. The molecule has 1 unspecified atom stereocenters. The standard InChI is InChI=1S/C31H29N3O4/c1-4-19-38-24-14-12-23(13-15-24)27-25(28(35)26-21(3)33-17-8-9-20(2)30(33)32-26)29(36)31(37)34(27)18-16-22-10-6-5-7-11-22/h4-15,17,27,35H,1,16,18-19H2,2-3H3/b28-25+. The summed E-state index contributed by atoms with van der Waals surface area (Å²) >= 11 is 0. The van der Waals surface area contributed by atoms with Crippen LogP contribution in [0.15, 0.2) is 91.2 Å². The van der Waals surface area contributed by atoms with Gasteiger partial charge >= 0.3 is 0 Å². The van der Waals surface area contributed by atoms with Gasteiger partial charge in [0.25, 0.3) is 11.7 Å². The maximum atomic E-state index is 13.4. The third-order valence-corrected chi connectivity index (χ3v) is 6.90. The predicted molar refractivity (Wildman–Crippen MR) is 146 cm³/mol. The fraction of sp³-hybridized carbons (Fsp3) is 0.194. The van der Waals surface area contributed by atoms with Gasteiger partial charge in [0.2, 0.25) is 0 Å². The molecule has 0 bridgehead atoms. The van der Waals surface area contributed by atoms with E-state index in [9.17, 15) is 14.7 Å². The molecule has 0 spiro atoms. The number of benzene rings is 2. The van der Waals surface area contributed by atoms with Crippen LogP contribution in [0.1, 0.15) is 34.1 Å². The summed E-state index contributed by atoms with van der Waals surface area (Å²) in [5, 5.41) is 11.6. The van der Waals surface area contributed by atoms with Crippen molar-refractivity contribution in [3.05, 3.63) is 119 Å². The maximum absolute atomic E-state index is 13.4. The number of likely N-dealkylation sites (tertiary alicyclic amines) is 1. The monoisotopic (exact) mass is 507 g/mol. The van der Waals surface area contributed by atoms with Crippen LogP contribution in [-0.2, 0) is 16.0 Å². The minimum Gasteiger partial charge on any atom is -0.505 e. The number of fused-ring (bicyclic) bond motifs is 1. The van der Waals surface area contributed by atoms with Crippen molar-refractivity contribution in [3.8, 4) is 5.75 Å². The molecule has 0 radical (unpaired) electrons. The third-order valence-electron chi connectivity index (χ3n) is 6.90. The van der Waals surface area contributed by atoms with Crippen LogP contribution in [0.2, 0.25) is 0 Å². The number of carbonyl (C=O) groups is 2. The number of aliphatic hydroxyl groups is 1. The first kappa shape index (κ1) is 25.0. The molecule has 7 nitrogen and oxygen atoms in total. The van der Waals surface area contributed by atoms with Gasteiger partial charge in [-0.1, -0.05) is 61.2 Å². The van der Waals surface area contributed by atoms with Crippen molar-refractivity contribution in [2.75, 3.05) is 13.2 Å². The molecule has 4 aromatic rings. The number of nitrogens with zero attached hydrogens (tertiary/aromatic N) is 3. The Hall–Kier alpha value is -4.65. The fourth-order valence-electron chi connectivity index (χ4n) is 4.93. The van der Waals surface area contributed by atoms with E-state index in [1.54, 1.807) is 18.2 Å². The first-order chi connectivity index (χ1) is 18.4. The SMILES string of the molecule is C=CCOc1ccc(C2/C(=C(\O)c3nc4c(C)cccn4c3C)C(=O)C(=O)N2CCc2ccccc2)cc1. The zero-order valence-electron chi connectivity index (χ0n) is 21.4. The number of aliphatic hydroxyl groups excluding tert-OH is 1. The van der Waals surface area contributed by atoms with Gasteiger partial charge in [-0.3, -0.25) is 9.59 Å². The molecular weight excluding hydrogens is 478 g/mol. The molecule has 0 aliphatic carbocycles. The summed E-state index contributed by atoms with van der Waals surface area (Å²) in [6, 6.07) is 20.1. The molecule has 2 aromatic carbocycles. The van der Waals surface area contributed by atoms with E-state index in [2.05, 4.69) is 11.6 Å². The first-order valence-electron chi connectivity index (χ1n) is 12.5. The quantitative estimate of drug-likeness (QED) is 0.154. The maximum Gasteiger partial charge on any atom is 0.295 e. The number of carbonyl (C=O) groups excluding carboxylic acids is 2. The van der Waals surface area contributed by atoms with Crippen LogP contribution in [-0.4, -0.2) is 44.2 Å². The van der Waals surface area contributed by atoms with Gasteiger partial charge in [0.15, 0.2) is 5.76 Å². The number of aromatic nitrogens is 2. The molecule has 1 amide bonds. The van der Waals surface area contributed by atoms with Gasteiger partial charge in [0.1, 0.15) is 23.7 Å².